The van der Waals surface area contributed by atoms with Crippen LogP contribution in [0.4, 0.5) is 0 Å². The topological polar surface area (TPSA) is 45.5 Å². The van der Waals surface area contributed by atoms with Crippen LogP contribution in [-0.4, -0.2) is 40.2 Å². The van der Waals surface area contributed by atoms with Crippen molar-refractivity contribution < 1.29 is 9.90 Å². The van der Waals surface area contributed by atoms with E-state index in [1.165, 1.54) is 25.8 Å². The van der Waals surface area contributed by atoms with Gasteiger partial charge in [-0.25, -0.2) is 4.79 Å². The number of aromatic carboxylic acids is 1. The van der Waals surface area contributed by atoms with Gasteiger partial charge >= 0.3 is 5.97 Å². The number of carboxylic acids is 1. The predicted molar refractivity (Wildman–Crippen MR) is 83.8 cm³/mol. The van der Waals surface area contributed by atoms with Crippen molar-refractivity contribution in [3.63, 3.8) is 0 Å². The highest BCUT2D eigenvalue weighted by Crippen LogP contribution is 2.24. The molecule has 2 heterocycles. The Labute approximate surface area is 125 Å². The van der Waals surface area contributed by atoms with Crippen LogP contribution in [0.15, 0.2) is 30.5 Å². The van der Waals surface area contributed by atoms with E-state index in [9.17, 15) is 9.90 Å². The first kappa shape index (κ1) is 14.1. The van der Waals surface area contributed by atoms with Crippen molar-refractivity contribution in [1.82, 2.24) is 9.47 Å². The average molecular weight is 286 g/mol. The highest BCUT2D eigenvalue weighted by Gasteiger charge is 2.19. The third-order valence-corrected chi connectivity index (χ3v) is 4.64. The van der Waals surface area contributed by atoms with Gasteiger partial charge < -0.3 is 14.6 Å². The number of nitrogens with zero attached hydrogens (tertiary/aromatic N) is 2. The van der Waals surface area contributed by atoms with Crippen LogP contribution in [0.1, 0.15) is 36.0 Å². The number of likely N-dealkylation sites (tertiary alicyclic amines) is 1. The molecule has 112 valence electrons. The number of fused-ring (bicyclic) bond motifs is 1. The van der Waals surface area contributed by atoms with Crippen LogP contribution in [0.5, 0.6) is 0 Å². The highest BCUT2D eigenvalue weighted by atomic mass is 16.4. The van der Waals surface area contributed by atoms with E-state index in [-0.39, 0.29) is 0 Å². The Bertz CT molecular complexity index is 647. The second-order valence-corrected chi connectivity index (χ2v) is 5.98. The summed E-state index contributed by atoms with van der Waals surface area (Å²) in [5, 5.41) is 10.2. The summed E-state index contributed by atoms with van der Waals surface area (Å²) in [5.74, 6) is -0.847. The summed E-state index contributed by atoms with van der Waals surface area (Å²) in [5.41, 5.74) is 1.43. The minimum atomic E-state index is -0.847. The average Bonchev–Trinajstić information content (AvgIpc) is 2.86. The molecular weight excluding hydrogens is 264 g/mol. The first-order valence-electron chi connectivity index (χ1n) is 7.68. The SMILES string of the molecule is CN1CCCCC1CCn1cc(C(=O)O)c2ccccc21. The Morgan fingerprint density at radius 3 is 2.90 bits per heavy atom. The molecule has 1 unspecified atom stereocenters. The molecule has 1 atom stereocenters. The molecule has 0 saturated carbocycles. The first-order chi connectivity index (χ1) is 10.2. The van der Waals surface area contributed by atoms with Crippen LogP contribution in [-0.2, 0) is 6.54 Å². The Balaban J connectivity index is 1.82. The lowest BCUT2D eigenvalue weighted by atomic mass is 10.0. The van der Waals surface area contributed by atoms with E-state index < -0.39 is 5.97 Å². The number of para-hydroxylation sites is 1. The van der Waals surface area contributed by atoms with Crippen LogP contribution in [0, 0.1) is 0 Å². The van der Waals surface area contributed by atoms with Gasteiger partial charge in [-0.3, -0.25) is 0 Å². The standard InChI is InChI=1S/C17H22N2O2/c1-18-10-5-4-6-13(18)9-11-19-12-15(17(20)21)14-7-2-3-8-16(14)19/h2-3,7-8,12-13H,4-6,9-11H2,1H3,(H,20,21). The molecule has 4 heteroatoms. The van der Waals surface area contributed by atoms with Crippen molar-refractivity contribution in [3.05, 3.63) is 36.0 Å². The molecule has 1 aliphatic heterocycles. The predicted octanol–water partition coefficient (Wildman–Crippen LogP) is 3.21. The molecule has 4 nitrogen and oxygen atoms in total. The largest absolute Gasteiger partial charge is 0.478 e. The van der Waals surface area contributed by atoms with Gasteiger partial charge in [0, 0.05) is 29.7 Å². The van der Waals surface area contributed by atoms with Crippen LogP contribution < -0.4 is 0 Å². The van der Waals surface area contributed by atoms with Crippen molar-refractivity contribution in [2.24, 2.45) is 0 Å². The molecular formula is C17H22N2O2. The van der Waals surface area contributed by atoms with Gasteiger partial charge in [0.1, 0.15) is 0 Å². The fraction of sp³-hybridized carbons (Fsp3) is 0.471. The van der Waals surface area contributed by atoms with Crippen molar-refractivity contribution in [3.8, 4) is 0 Å². The summed E-state index contributed by atoms with van der Waals surface area (Å²) in [6, 6.07) is 8.38. The number of aryl methyl sites for hydroxylation is 1. The first-order valence-corrected chi connectivity index (χ1v) is 7.68. The Kier molecular flexibility index (Phi) is 3.97. The van der Waals surface area contributed by atoms with Gasteiger partial charge in [0.25, 0.3) is 0 Å². The van der Waals surface area contributed by atoms with E-state index in [1.807, 2.05) is 24.3 Å². The second-order valence-electron chi connectivity index (χ2n) is 5.98. The summed E-state index contributed by atoms with van der Waals surface area (Å²) < 4.78 is 2.10. The zero-order valence-corrected chi connectivity index (χ0v) is 12.5. The number of carboxylic acid groups (broad SMARTS) is 1. The molecule has 1 N–H and O–H groups in total. The van der Waals surface area contributed by atoms with Gasteiger partial charge in [-0.2, -0.15) is 0 Å². The second kappa shape index (κ2) is 5.90. The van der Waals surface area contributed by atoms with Crippen LogP contribution in [0.25, 0.3) is 10.9 Å². The molecule has 1 aliphatic rings. The number of carbonyl (C=O) groups is 1. The summed E-state index contributed by atoms with van der Waals surface area (Å²) >= 11 is 0. The highest BCUT2D eigenvalue weighted by molar-refractivity contribution is 6.03. The zero-order chi connectivity index (χ0) is 14.8. The number of aromatic nitrogens is 1. The van der Waals surface area contributed by atoms with Gasteiger partial charge in [0.15, 0.2) is 0 Å². The van der Waals surface area contributed by atoms with Gasteiger partial charge in [0.2, 0.25) is 0 Å². The molecule has 1 aromatic carbocycles. The minimum absolute atomic E-state index is 0.405. The number of hydrogen-bond acceptors (Lipinski definition) is 2. The molecule has 21 heavy (non-hydrogen) atoms. The molecule has 3 rings (SSSR count). The van der Waals surface area contributed by atoms with Gasteiger partial charge in [-0.1, -0.05) is 24.6 Å². The third-order valence-electron chi connectivity index (χ3n) is 4.64. The van der Waals surface area contributed by atoms with Gasteiger partial charge in [0.05, 0.1) is 5.56 Å². The quantitative estimate of drug-likeness (QED) is 0.938. The van der Waals surface area contributed by atoms with Crippen LogP contribution in [0.3, 0.4) is 0 Å². The molecule has 1 fully saturated rings. The number of piperidine rings is 1. The molecule has 0 bridgehead atoms. The van der Waals surface area contributed by atoms with Crippen LogP contribution >= 0.6 is 0 Å². The lowest BCUT2D eigenvalue weighted by Crippen LogP contribution is -2.36. The number of rotatable bonds is 4. The smallest absolute Gasteiger partial charge is 0.337 e. The normalized spacial score (nSPS) is 20.0. The van der Waals surface area contributed by atoms with Crippen molar-refractivity contribution in [2.75, 3.05) is 13.6 Å². The maximum absolute atomic E-state index is 11.4. The monoisotopic (exact) mass is 286 g/mol. The molecule has 1 aromatic heterocycles. The Hall–Kier alpha value is -1.81. The van der Waals surface area contributed by atoms with Crippen molar-refractivity contribution >= 4 is 16.9 Å². The molecule has 0 spiro atoms. The van der Waals surface area contributed by atoms with E-state index in [0.717, 1.165) is 23.9 Å². The molecule has 2 aromatic rings. The van der Waals surface area contributed by atoms with Gasteiger partial charge in [-0.15, -0.1) is 0 Å². The summed E-state index contributed by atoms with van der Waals surface area (Å²) in [6.45, 7) is 2.06. The molecule has 1 saturated heterocycles. The maximum Gasteiger partial charge on any atom is 0.337 e. The maximum atomic E-state index is 11.4. The van der Waals surface area contributed by atoms with E-state index >= 15 is 0 Å². The van der Waals surface area contributed by atoms with E-state index in [1.54, 1.807) is 6.20 Å². The molecule has 0 aliphatic carbocycles. The van der Waals surface area contributed by atoms with Crippen molar-refractivity contribution in [2.45, 2.75) is 38.3 Å². The number of hydrogen-bond donors (Lipinski definition) is 1. The fourth-order valence-electron chi connectivity index (χ4n) is 3.40. The van der Waals surface area contributed by atoms with Crippen molar-refractivity contribution in [1.29, 1.82) is 0 Å². The lowest BCUT2D eigenvalue weighted by molar-refractivity contribution is 0.0698. The summed E-state index contributed by atoms with van der Waals surface area (Å²) in [6.07, 6.45) is 6.72. The summed E-state index contributed by atoms with van der Waals surface area (Å²) in [4.78, 5) is 13.8. The third kappa shape index (κ3) is 2.81. The number of benzene rings is 1. The summed E-state index contributed by atoms with van der Waals surface area (Å²) in [7, 11) is 2.19. The van der Waals surface area contributed by atoms with Crippen LogP contribution in [0.2, 0.25) is 0 Å². The Morgan fingerprint density at radius 1 is 1.33 bits per heavy atom. The Morgan fingerprint density at radius 2 is 2.14 bits per heavy atom. The minimum Gasteiger partial charge on any atom is -0.478 e. The molecule has 0 radical (unpaired) electrons. The van der Waals surface area contributed by atoms with E-state index in [4.69, 9.17) is 0 Å². The van der Waals surface area contributed by atoms with E-state index in [2.05, 4.69) is 16.5 Å². The fourth-order valence-corrected chi connectivity index (χ4v) is 3.40. The lowest BCUT2D eigenvalue weighted by Gasteiger charge is -2.32. The molecule has 0 amide bonds. The van der Waals surface area contributed by atoms with Gasteiger partial charge in [-0.05, 0) is 38.9 Å². The zero-order valence-electron chi connectivity index (χ0n) is 12.5. The van der Waals surface area contributed by atoms with E-state index in [0.29, 0.717) is 11.6 Å².